The predicted molar refractivity (Wildman–Crippen MR) is 59.4 cm³/mol. The average Bonchev–Trinajstić information content (AvgIpc) is 2.10. The van der Waals surface area contributed by atoms with E-state index in [-0.39, 0.29) is 30.4 Å². The van der Waals surface area contributed by atoms with E-state index in [4.69, 9.17) is 5.11 Å². The normalized spacial score (nSPS) is 20.9. The van der Waals surface area contributed by atoms with Crippen LogP contribution in [-0.2, 0) is 4.79 Å². The average molecular weight is 214 g/mol. The standard InChI is InChI=1S/C11H22N2O2/c1-7(2)10(6-14)13-11(15)8(3)9-4-12-5-9/h7-10,12,14H,4-6H2,1-3H3,(H,13,15)/t8?,10-/m1/s1. The summed E-state index contributed by atoms with van der Waals surface area (Å²) in [7, 11) is 0. The first kappa shape index (κ1) is 12.5. The number of amides is 1. The molecule has 15 heavy (non-hydrogen) atoms. The van der Waals surface area contributed by atoms with E-state index in [1.807, 2.05) is 20.8 Å². The topological polar surface area (TPSA) is 61.4 Å². The molecule has 1 rings (SSSR count). The highest BCUT2D eigenvalue weighted by atomic mass is 16.3. The summed E-state index contributed by atoms with van der Waals surface area (Å²) in [5.41, 5.74) is 0. The van der Waals surface area contributed by atoms with Crippen LogP contribution in [-0.4, -0.2) is 36.8 Å². The lowest BCUT2D eigenvalue weighted by Gasteiger charge is -2.33. The van der Waals surface area contributed by atoms with E-state index >= 15 is 0 Å². The van der Waals surface area contributed by atoms with Crippen molar-refractivity contribution < 1.29 is 9.90 Å². The SMILES string of the molecule is CC(C(=O)N[C@H](CO)C(C)C)C1CNC1. The second-order valence-corrected chi connectivity index (χ2v) is 4.75. The summed E-state index contributed by atoms with van der Waals surface area (Å²) in [6, 6.07) is -0.118. The van der Waals surface area contributed by atoms with E-state index < -0.39 is 0 Å². The lowest BCUT2D eigenvalue weighted by atomic mass is 9.88. The molecule has 0 aliphatic carbocycles. The molecule has 0 spiro atoms. The van der Waals surface area contributed by atoms with Gasteiger partial charge in [0.1, 0.15) is 0 Å². The number of aliphatic hydroxyl groups is 1. The van der Waals surface area contributed by atoms with Crippen LogP contribution in [0, 0.1) is 17.8 Å². The van der Waals surface area contributed by atoms with Crippen LogP contribution in [0.1, 0.15) is 20.8 Å². The van der Waals surface area contributed by atoms with Gasteiger partial charge in [-0.15, -0.1) is 0 Å². The maximum atomic E-state index is 11.8. The van der Waals surface area contributed by atoms with Crippen molar-refractivity contribution in [3.8, 4) is 0 Å². The van der Waals surface area contributed by atoms with Crippen molar-refractivity contribution in [3.63, 3.8) is 0 Å². The van der Waals surface area contributed by atoms with E-state index in [1.54, 1.807) is 0 Å². The summed E-state index contributed by atoms with van der Waals surface area (Å²) in [6.45, 7) is 7.82. The van der Waals surface area contributed by atoms with Crippen molar-refractivity contribution in [2.75, 3.05) is 19.7 Å². The van der Waals surface area contributed by atoms with Crippen LogP contribution in [0.25, 0.3) is 0 Å². The Morgan fingerprint density at radius 3 is 2.40 bits per heavy atom. The van der Waals surface area contributed by atoms with Gasteiger partial charge >= 0.3 is 0 Å². The van der Waals surface area contributed by atoms with Crippen molar-refractivity contribution in [2.24, 2.45) is 17.8 Å². The Morgan fingerprint density at radius 2 is 2.07 bits per heavy atom. The predicted octanol–water partition coefficient (Wildman–Crippen LogP) is -0.0250. The maximum absolute atomic E-state index is 11.8. The molecule has 4 heteroatoms. The summed E-state index contributed by atoms with van der Waals surface area (Å²) >= 11 is 0. The number of hydrogen-bond acceptors (Lipinski definition) is 3. The van der Waals surface area contributed by atoms with Crippen LogP contribution in [0.4, 0.5) is 0 Å². The lowest BCUT2D eigenvalue weighted by Crippen LogP contribution is -2.52. The van der Waals surface area contributed by atoms with Crippen molar-refractivity contribution in [3.05, 3.63) is 0 Å². The molecule has 3 N–H and O–H groups in total. The van der Waals surface area contributed by atoms with Gasteiger partial charge in [-0.05, 0) is 24.9 Å². The number of aliphatic hydroxyl groups excluding tert-OH is 1. The zero-order valence-corrected chi connectivity index (χ0v) is 9.79. The molecule has 1 aliphatic heterocycles. The van der Waals surface area contributed by atoms with Gasteiger partial charge in [-0.3, -0.25) is 4.79 Å². The quantitative estimate of drug-likeness (QED) is 0.602. The van der Waals surface area contributed by atoms with Crippen molar-refractivity contribution in [1.82, 2.24) is 10.6 Å². The van der Waals surface area contributed by atoms with Crippen LogP contribution in [0.2, 0.25) is 0 Å². The van der Waals surface area contributed by atoms with Crippen LogP contribution < -0.4 is 10.6 Å². The maximum Gasteiger partial charge on any atom is 0.223 e. The molecule has 0 radical (unpaired) electrons. The van der Waals surface area contributed by atoms with Gasteiger partial charge in [-0.1, -0.05) is 20.8 Å². The summed E-state index contributed by atoms with van der Waals surface area (Å²) in [6.07, 6.45) is 0. The van der Waals surface area contributed by atoms with Crippen molar-refractivity contribution >= 4 is 5.91 Å². The molecule has 0 aromatic heterocycles. The molecule has 1 saturated heterocycles. The zero-order chi connectivity index (χ0) is 11.4. The third-order valence-corrected chi connectivity index (χ3v) is 3.26. The van der Waals surface area contributed by atoms with Crippen molar-refractivity contribution in [1.29, 1.82) is 0 Å². The molecule has 1 fully saturated rings. The Bertz CT molecular complexity index is 215. The Labute approximate surface area is 91.4 Å². The van der Waals surface area contributed by atoms with Gasteiger partial charge in [0.2, 0.25) is 5.91 Å². The van der Waals surface area contributed by atoms with Gasteiger partial charge in [-0.2, -0.15) is 0 Å². The minimum atomic E-state index is -0.118. The van der Waals surface area contributed by atoms with Crippen LogP contribution in [0.15, 0.2) is 0 Å². The molecule has 0 aromatic rings. The molecular weight excluding hydrogens is 192 g/mol. The summed E-state index contributed by atoms with van der Waals surface area (Å²) in [4.78, 5) is 11.8. The smallest absolute Gasteiger partial charge is 0.223 e. The second-order valence-electron chi connectivity index (χ2n) is 4.75. The van der Waals surface area contributed by atoms with Gasteiger partial charge in [0.05, 0.1) is 12.6 Å². The second kappa shape index (κ2) is 5.47. The Balaban J connectivity index is 2.38. The molecule has 2 atom stereocenters. The molecule has 1 heterocycles. The monoisotopic (exact) mass is 214 g/mol. The number of nitrogens with one attached hydrogen (secondary N) is 2. The summed E-state index contributed by atoms with van der Waals surface area (Å²) < 4.78 is 0. The zero-order valence-electron chi connectivity index (χ0n) is 9.79. The number of rotatable bonds is 5. The van der Waals surface area contributed by atoms with Crippen molar-refractivity contribution in [2.45, 2.75) is 26.8 Å². The molecule has 88 valence electrons. The largest absolute Gasteiger partial charge is 0.394 e. The molecular formula is C11H22N2O2. The van der Waals surface area contributed by atoms with Crippen LogP contribution in [0.5, 0.6) is 0 Å². The van der Waals surface area contributed by atoms with Crippen LogP contribution in [0.3, 0.4) is 0 Å². The Kier molecular flexibility index (Phi) is 4.54. The van der Waals surface area contributed by atoms with E-state index in [9.17, 15) is 4.79 Å². The molecule has 1 aliphatic rings. The fourth-order valence-corrected chi connectivity index (χ4v) is 1.62. The fourth-order valence-electron chi connectivity index (χ4n) is 1.62. The molecule has 4 nitrogen and oxygen atoms in total. The molecule has 0 bridgehead atoms. The summed E-state index contributed by atoms with van der Waals surface area (Å²) in [5, 5.41) is 15.2. The van der Waals surface area contributed by atoms with E-state index in [0.717, 1.165) is 13.1 Å². The first-order valence-electron chi connectivity index (χ1n) is 5.68. The third kappa shape index (κ3) is 3.18. The lowest BCUT2D eigenvalue weighted by molar-refractivity contribution is -0.128. The van der Waals surface area contributed by atoms with Gasteiger partial charge in [0.15, 0.2) is 0 Å². The fraction of sp³-hybridized carbons (Fsp3) is 0.909. The minimum Gasteiger partial charge on any atom is -0.394 e. The van der Waals surface area contributed by atoms with E-state index in [2.05, 4.69) is 10.6 Å². The number of carbonyl (C=O) groups is 1. The molecule has 0 saturated carbocycles. The van der Waals surface area contributed by atoms with Gasteiger partial charge in [0, 0.05) is 5.92 Å². The van der Waals surface area contributed by atoms with Crippen LogP contribution >= 0.6 is 0 Å². The van der Waals surface area contributed by atoms with Gasteiger partial charge in [-0.25, -0.2) is 0 Å². The summed E-state index contributed by atoms with van der Waals surface area (Å²) in [5.74, 6) is 0.829. The van der Waals surface area contributed by atoms with Gasteiger partial charge < -0.3 is 15.7 Å². The van der Waals surface area contributed by atoms with E-state index in [1.165, 1.54) is 0 Å². The highest BCUT2D eigenvalue weighted by molar-refractivity contribution is 5.79. The molecule has 1 unspecified atom stereocenters. The first-order valence-corrected chi connectivity index (χ1v) is 5.68. The number of hydrogen-bond donors (Lipinski definition) is 3. The molecule has 0 aromatic carbocycles. The highest BCUT2D eigenvalue weighted by Crippen LogP contribution is 2.16. The Hall–Kier alpha value is -0.610. The van der Waals surface area contributed by atoms with Gasteiger partial charge in [0.25, 0.3) is 0 Å². The Morgan fingerprint density at radius 1 is 1.47 bits per heavy atom. The van der Waals surface area contributed by atoms with E-state index in [0.29, 0.717) is 5.92 Å². The highest BCUT2D eigenvalue weighted by Gasteiger charge is 2.29. The minimum absolute atomic E-state index is 0.0129. The number of carbonyl (C=O) groups excluding carboxylic acids is 1. The molecule has 1 amide bonds. The first-order chi connectivity index (χ1) is 7.06. The third-order valence-electron chi connectivity index (χ3n) is 3.26.